The molecule has 0 fully saturated rings. The van der Waals surface area contributed by atoms with Crippen molar-refractivity contribution in [2.45, 2.75) is 13.5 Å². The Morgan fingerprint density at radius 2 is 1.84 bits per heavy atom. The zero-order valence-electron chi connectivity index (χ0n) is 20.6. The van der Waals surface area contributed by atoms with Gasteiger partial charge >= 0.3 is 5.97 Å². The Balaban J connectivity index is 1.53. The quantitative estimate of drug-likeness (QED) is 0.235. The first kappa shape index (κ1) is 23.9. The van der Waals surface area contributed by atoms with Crippen molar-refractivity contribution in [3.63, 3.8) is 0 Å². The minimum atomic E-state index is -1.01. The van der Waals surface area contributed by atoms with E-state index in [4.69, 9.17) is 9.47 Å². The third-order valence-corrected chi connectivity index (χ3v) is 6.21. The predicted molar refractivity (Wildman–Crippen MR) is 148 cm³/mol. The third-order valence-electron chi connectivity index (χ3n) is 6.21. The summed E-state index contributed by atoms with van der Waals surface area (Å²) in [6.07, 6.45) is 5.54. The first-order valence-electron chi connectivity index (χ1n) is 11.9. The van der Waals surface area contributed by atoms with Crippen molar-refractivity contribution in [2.75, 3.05) is 12.4 Å². The van der Waals surface area contributed by atoms with Crippen molar-refractivity contribution in [3.05, 3.63) is 108 Å². The van der Waals surface area contributed by atoms with Crippen LogP contribution >= 0.6 is 0 Å². The maximum atomic E-state index is 12.2. The average Bonchev–Trinajstić information content (AvgIpc) is 2.92. The van der Waals surface area contributed by atoms with Crippen LogP contribution in [0.5, 0.6) is 11.5 Å². The number of allylic oxidation sites excluding steroid dienone is 1. The number of carboxylic acid groups (broad SMARTS) is 1. The molecule has 0 saturated heterocycles. The lowest BCUT2D eigenvalue weighted by Crippen LogP contribution is -2.10. The monoisotopic (exact) mass is 490 g/mol. The van der Waals surface area contributed by atoms with Crippen LogP contribution in [0.15, 0.2) is 91.1 Å². The molecule has 0 spiro atoms. The summed E-state index contributed by atoms with van der Waals surface area (Å²) in [4.78, 5) is 16.7. The van der Waals surface area contributed by atoms with Crippen LogP contribution in [0.3, 0.4) is 0 Å². The highest BCUT2D eigenvalue weighted by Crippen LogP contribution is 2.32. The van der Waals surface area contributed by atoms with E-state index in [1.54, 1.807) is 25.4 Å². The van der Waals surface area contributed by atoms with Crippen LogP contribution in [0, 0.1) is 0 Å². The first-order valence-corrected chi connectivity index (χ1v) is 11.9. The van der Waals surface area contributed by atoms with Crippen molar-refractivity contribution in [2.24, 2.45) is 0 Å². The summed E-state index contributed by atoms with van der Waals surface area (Å²) in [6, 6.07) is 24.9. The second-order valence-corrected chi connectivity index (χ2v) is 8.53. The summed E-state index contributed by atoms with van der Waals surface area (Å²) in [7, 11) is 1.63. The van der Waals surface area contributed by atoms with Gasteiger partial charge in [0.15, 0.2) is 0 Å². The largest absolute Gasteiger partial charge is 0.497 e. The molecular weight excluding hydrogens is 464 g/mol. The van der Waals surface area contributed by atoms with Gasteiger partial charge in [-0.15, -0.1) is 0 Å². The van der Waals surface area contributed by atoms with Gasteiger partial charge in [0.25, 0.3) is 0 Å². The van der Waals surface area contributed by atoms with Gasteiger partial charge in [-0.1, -0.05) is 48.6 Å². The number of nitrogens with zero attached hydrogens (tertiary/aromatic N) is 1. The Labute approximate surface area is 214 Å². The first-order chi connectivity index (χ1) is 18.1. The molecule has 1 heterocycles. The highest BCUT2D eigenvalue weighted by molar-refractivity contribution is 5.93. The smallest absolute Gasteiger partial charge is 0.336 e. The number of hydrogen-bond donors (Lipinski definition) is 2. The molecule has 5 rings (SSSR count). The van der Waals surface area contributed by atoms with Gasteiger partial charge in [-0.2, -0.15) is 0 Å². The lowest BCUT2D eigenvalue weighted by molar-refractivity contribution is 0.0694. The number of benzene rings is 4. The van der Waals surface area contributed by atoms with Crippen molar-refractivity contribution >= 4 is 45.1 Å². The second-order valence-electron chi connectivity index (χ2n) is 8.53. The Morgan fingerprint density at radius 1 is 1.00 bits per heavy atom. The molecule has 5 aromatic rings. The second kappa shape index (κ2) is 10.4. The third kappa shape index (κ3) is 4.95. The molecule has 0 radical (unpaired) electrons. The van der Waals surface area contributed by atoms with Crippen LogP contribution in [0.1, 0.15) is 28.4 Å². The summed E-state index contributed by atoms with van der Waals surface area (Å²) >= 11 is 0. The maximum Gasteiger partial charge on any atom is 0.336 e. The van der Waals surface area contributed by atoms with Gasteiger partial charge < -0.3 is 19.9 Å². The molecule has 1 aromatic heterocycles. The molecule has 0 aliphatic rings. The number of anilines is 2. The molecule has 0 aliphatic carbocycles. The van der Waals surface area contributed by atoms with Gasteiger partial charge in [-0.05, 0) is 54.8 Å². The number of hydrogen-bond acceptors (Lipinski definition) is 5. The molecule has 6 nitrogen and oxygen atoms in total. The van der Waals surface area contributed by atoms with E-state index in [0.717, 1.165) is 44.4 Å². The molecule has 6 heteroatoms. The van der Waals surface area contributed by atoms with Gasteiger partial charge in [0, 0.05) is 27.6 Å². The number of ether oxygens (including phenoxy) is 2. The van der Waals surface area contributed by atoms with Crippen LogP contribution in [-0.4, -0.2) is 23.2 Å². The minimum Gasteiger partial charge on any atom is -0.497 e. The van der Waals surface area contributed by atoms with E-state index in [0.29, 0.717) is 11.3 Å². The highest BCUT2D eigenvalue weighted by atomic mass is 16.5. The van der Waals surface area contributed by atoms with Crippen LogP contribution in [-0.2, 0) is 6.61 Å². The molecule has 0 saturated carbocycles. The topological polar surface area (TPSA) is 80.7 Å². The fourth-order valence-corrected chi connectivity index (χ4v) is 4.42. The minimum absolute atomic E-state index is 0.0952. The summed E-state index contributed by atoms with van der Waals surface area (Å²) in [5.74, 6) is 0.444. The molecule has 0 aliphatic heterocycles. The Bertz CT molecular complexity index is 1640. The Hall–Kier alpha value is -4.84. The zero-order valence-corrected chi connectivity index (χ0v) is 20.6. The van der Waals surface area contributed by atoms with Gasteiger partial charge in [0.05, 0.1) is 30.1 Å². The molecule has 0 bridgehead atoms. The summed E-state index contributed by atoms with van der Waals surface area (Å²) in [6.45, 7) is 1.99. The maximum absolute atomic E-state index is 12.2. The van der Waals surface area contributed by atoms with Crippen LogP contribution in [0.25, 0.3) is 27.8 Å². The van der Waals surface area contributed by atoms with Crippen LogP contribution < -0.4 is 14.8 Å². The number of fused-ring (bicyclic) bond motifs is 2. The average molecular weight is 491 g/mol. The van der Waals surface area contributed by atoms with E-state index in [1.807, 2.05) is 85.8 Å². The zero-order chi connectivity index (χ0) is 25.8. The van der Waals surface area contributed by atoms with E-state index in [2.05, 4.69) is 10.3 Å². The number of aromatic carboxylic acids is 1. The van der Waals surface area contributed by atoms with E-state index < -0.39 is 5.97 Å². The van der Waals surface area contributed by atoms with Gasteiger partial charge in [0.2, 0.25) is 0 Å². The molecule has 184 valence electrons. The van der Waals surface area contributed by atoms with Crippen molar-refractivity contribution in [1.29, 1.82) is 0 Å². The number of aromatic nitrogens is 1. The molecule has 0 amide bonds. The fourth-order valence-electron chi connectivity index (χ4n) is 4.42. The number of rotatable bonds is 8. The van der Waals surface area contributed by atoms with E-state index in [9.17, 15) is 9.90 Å². The van der Waals surface area contributed by atoms with E-state index in [-0.39, 0.29) is 12.2 Å². The van der Waals surface area contributed by atoms with Crippen molar-refractivity contribution < 1.29 is 19.4 Å². The molecule has 4 aromatic carbocycles. The standard InChI is InChI=1S/C31H26N2O4/c1-3-7-25-27(19-37-30-11-6-9-20-8-4-5-10-24(20)30)26(31(34)35)13-15-29(25)33-22-16-21-17-23(36-2)12-14-28(21)32-18-22/h3-18,33H,19H2,1-2H3,(H,34,35). The van der Waals surface area contributed by atoms with Gasteiger partial charge in [0.1, 0.15) is 18.1 Å². The number of carbonyl (C=O) groups is 1. The number of methoxy groups -OCH3 is 1. The SMILES string of the molecule is CC=Cc1c(Nc2cnc3ccc(OC)cc3c2)ccc(C(=O)O)c1COc1cccc2ccccc12. The fraction of sp³-hybridized carbons (Fsp3) is 0.0968. The molecular formula is C31H26N2O4. The number of carboxylic acids is 1. The lowest BCUT2D eigenvalue weighted by Gasteiger charge is -2.18. The molecule has 0 unspecified atom stereocenters. The van der Waals surface area contributed by atoms with E-state index >= 15 is 0 Å². The normalized spacial score (nSPS) is 11.2. The number of pyridine rings is 1. The molecule has 0 atom stereocenters. The number of nitrogens with one attached hydrogen (secondary N) is 1. The Morgan fingerprint density at radius 3 is 2.65 bits per heavy atom. The summed E-state index contributed by atoms with van der Waals surface area (Å²) in [5, 5.41) is 16.3. The van der Waals surface area contributed by atoms with Crippen LogP contribution in [0.2, 0.25) is 0 Å². The molecule has 37 heavy (non-hydrogen) atoms. The van der Waals surface area contributed by atoms with Crippen LogP contribution in [0.4, 0.5) is 11.4 Å². The summed E-state index contributed by atoms with van der Waals surface area (Å²) < 4.78 is 11.6. The van der Waals surface area contributed by atoms with Gasteiger partial charge in [-0.25, -0.2) is 4.79 Å². The predicted octanol–water partition coefficient (Wildman–Crippen LogP) is 7.45. The van der Waals surface area contributed by atoms with E-state index in [1.165, 1.54) is 0 Å². The van der Waals surface area contributed by atoms with Gasteiger partial charge in [-0.3, -0.25) is 4.98 Å². The molecule has 2 N–H and O–H groups in total. The summed E-state index contributed by atoms with van der Waals surface area (Å²) in [5.41, 5.74) is 3.90. The van der Waals surface area contributed by atoms with Crippen molar-refractivity contribution in [3.8, 4) is 11.5 Å². The lowest BCUT2D eigenvalue weighted by atomic mass is 9.98. The Kier molecular flexibility index (Phi) is 6.72. The van der Waals surface area contributed by atoms with Crippen molar-refractivity contribution in [1.82, 2.24) is 4.98 Å². The highest BCUT2D eigenvalue weighted by Gasteiger charge is 2.18.